The summed E-state index contributed by atoms with van der Waals surface area (Å²) in [6.07, 6.45) is 5.72. The average Bonchev–Trinajstić information content (AvgIpc) is 3.23. The highest BCUT2D eigenvalue weighted by atomic mass is 32.2. The number of rotatable bonds is 6. The van der Waals surface area contributed by atoms with Crippen molar-refractivity contribution >= 4 is 21.8 Å². The first-order chi connectivity index (χ1) is 18.7. The highest BCUT2D eigenvalue weighted by molar-refractivity contribution is 7.89. The van der Waals surface area contributed by atoms with Crippen molar-refractivity contribution in [2.24, 2.45) is 0 Å². The largest absolute Gasteiger partial charge is 0.416 e. The number of hydrogen-bond donors (Lipinski definition) is 1. The lowest BCUT2D eigenvalue weighted by atomic mass is 9.99. The summed E-state index contributed by atoms with van der Waals surface area (Å²) < 4.78 is 66.8. The molecule has 3 fully saturated rings. The van der Waals surface area contributed by atoms with E-state index < -0.39 is 21.8 Å². The van der Waals surface area contributed by atoms with Crippen molar-refractivity contribution in [3.05, 3.63) is 42.1 Å². The van der Waals surface area contributed by atoms with Gasteiger partial charge in [0.05, 0.1) is 10.5 Å². The van der Waals surface area contributed by atoms with Crippen molar-refractivity contribution in [2.75, 3.05) is 49.5 Å². The molecular weight excluding hydrogens is 529 g/mol. The fourth-order valence-corrected chi connectivity index (χ4v) is 7.45. The van der Waals surface area contributed by atoms with E-state index in [9.17, 15) is 21.6 Å². The van der Waals surface area contributed by atoms with Gasteiger partial charge in [-0.25, -0.2) is 13.4 Å². The molecule has 2 unspecified atom stereocenters. The summed E-state index contributed by atoms with van der Waals surface area (Å²) in [6.45, 7) is 4.37. The van der Waals surface area contributed by atoms with Crippen LogP contribution in [0.1, 0.15) is 56.9 Å². The molecular formula is C27H37F3N6O2S. The molecule has 1 aromatic carbocycles. The third-order valence-electron chi connectivity index (χ3n) is 8.05. The SMILES string of the molecule is O=S(=O)(c1ccc(C(F)(F)F)cc1)N1CCCC(N2CCCC(Nc3nccc(N4CCCCCC4)n3)C2)C1. The number of alkyl halides is 3. The van der Waals surface area contributed by atoms with Gasteiger partial charge >= 0.3 is 6.18 Å². The van der Waals surface area contributed by atoms with E-state index in [0.29, 0.717) is 25.5 Å². The van der Waals surface area contributed by atoms with Crippen LogP contribution >= 0.6 is 0 Å². The molecule has 4 heterocycles. The molecule has 0 saturated carbocycles. The number of hydrogen-bond acceptors (Lipinski definition) is 7. The zero-order chi connectivity index (χ0) is 27.5. The molecule has 0 bridgehead atoms. The molecule has 0 amide bonds. The normalized spacial score (nSPS) is 24.3. The lowest BCUT2D eigenvalue weighted by molar-refractivity contribution is -0.137. The molecule has 2 atom stereocenters. The first kappa shape index (κ1) is 28.1. The van der Waals surface area contributed by atoms with Gasteiger partial charge in [-0.05, 0) is 75.4 Å². The molecule has 214 valence electrons. The van der Waals surface area contributed by atoms with Crippen LogP contribution in [0.3, 0.4) is 0 Å². The second-order valence-electron chi connectivity index (χ2n) is 10.8. The second-order valence-corrected chi connectivity index (χ2v) is 12.7. The van der Waals surface area contributed by atoms with Gasteiger partial charge in [-0.3, -0.25) is 4.90 Å². The Balaban J connectivity index is 1.21. The van der Waals surface area contributed by atoms with Crippen LogP contribution in [0.2, 0.25) is 0 Å². The third-order valence-corrected chi connectivity index (χ3v) is 9.93. The van der Waals surface area contributed by atoms with Crippen molar-refractivity contribution in [1.82, 2.24) is 19.2 Å². The number of sulfonamides is 1. The molecule has 3 aliphatic rings. The Morgan fingerprint density at radius 1 is 0.846 bits per heavy atom. The first-order valence-electron chi connectivity index (χ1n) is 14.0. The summed E-state index contributed by atoms with van der Waals surface area (Å²) in [4.78, 5) is 13.8. The van der Waals surface area contributed by atoms with E-state index in [2.05, 4.69) is 20.1 Å². The summed E-state index contributed by atoms with van der Waals surface area (Å²) in [6, 6.07) is 5.96. The van der Waals surface area contributed by atoms with Crippen molar-refractivity contribution < 1.29 is 21.6 Å². The Morgan fingerprint density at radius 3 is 2.28 bits per heavy atom. The summed E-state index contributed by atoms with van der Waals surface area (Å²) in [7, 11) is -3.88. The van der Waals surface area contributed by atoms with Crippen LogP contribution in [0, 0.1) is 0 Å². The fraction of sp³-hybridized carbons (Fsp3) is 0.630. The van der Waals surface area contributed by atoms with Crippen LogP contribution in [0.4, 0.5) is 24.9 Å². The van der Waals surface area contributed by atoms with Gasteiger partial charge in [0.25, 0.3) is 0 Å². The van der Waals surface area contributed by atoms with Crippen LogP contribution in [0.15, 0.2) is 41.4 Å². The molecule has 2 aromatic rings. The van der Waals surface area contributed by atoms with Crippen molar-refractivity contribution in [3.8, 4) is 0 Å². The van der Waals surface area contributed by atoms with Gasteiger partial charge in [-0.2, -0.15) is 22.5 Å². The number of likely N-dealkylation sites (tertiary alicyclic amines) is 1. The van der Waals surface area contributed by atoms with Crippen LogP contribution in [-0.2, 0) is 16.2 Å². The molecule has 0 aliphatic carbocycles. The summed E-state index contributed by atoms with van der Waals surface area (Å²) >= 11 is 0. The van der Waals surface area contributed by atoms with E-state index in [4.69, 9.17) is 4.98 Å². The lowest BCUT2D eigenvalue weighted by Crippen LogP contribution is -2.54. The van der Waals surface area contributed by atoms with Gasteiger partial charge < -0.3 is 10.2 Å². The van der Waals surface area contributed by atoms with Gasteiger partial charge in [0, 0.05) is 51.0 Å². The van der Waals surface area contributed by atoms with E-state index >= 15 is 0 Å². The lowest BCUT2D eigenvalue weighted by Gasteiger charge is -2.42. The van der Waals surface area contributed by atoms with Gasteiger partial charge in [-0.1, -0.05) is 12.8 Å². The molecule has 0 radical (unpaired) electrons. The number of halogens is 3. The highest BCUT2D eigenvalue weighted by Crippen LogP contribution is 2.31. The third kappa shape index (κ3) is 6.83. The fourth-order valence-electron chi connectivity index (χ4n) is 5.94. The minimum Gasteiger partial charge on any atom is -0.356 e. The average molecular weight is 567 g/mol. The molecule has 0 spiro atoms. The van der Waals surface area contributed by atoms with Gasteiger partial charge in [0.1, 0.15) is 5.82 Å². The Kier molecular flexibility index (Phi) is 8.63. The molecule has 3 aliphatic heterocycles. The summed E-state index contributed by atoms with van der Waals surface area (Å²) in [5.41, 5.74) is -0.856. The topological polar surface area (TPSA) is 81.7 Å². The van der Waals surface area contributed by atoms with Gasteiger partial charge in [0.15, 0.2) is 0 Å². The monoisotopic (exact) mass is 566 g/mol. The molecule has 3 saturated heterocycles. The number of piperidine rings is 2. The Bertz CT molecular complexity index is 1200. The molecule has 1 N–H and O–H groups in total. The maximum absolute atomic E-state index is 13.3. The summed E-state index contributed by atoms with van der Waals surface area (Å²) in [5.74, 6) is 1.58. The van der Waals surface area contributed by atoms with Crippen LogP contribution < -0.4 is 10.2 Å². The molecule has 39 heavy (non-hydrogen) atoms. The summed E-state index contributed by atoms with van der Waals surface area (Å²) in [5, 5.41) is 3.52. The van der Waals surface area contributed by atoms with Gasteiger partial charge in [0.2, 0.25) is 16.0 Å². The molecule has 8 nitrogen and oxygen atoms in total. The van der Waals surface area contributed by atoms with E-state index in [-0.39, 0.29) is 17.0 Å². The molecule has 5 rings (SSSR count). The zero-order valence-electron chi connectivity index (χ0n) is 22.1. The first-order valence-corrected chi connectivity index (χ1v) is 15.4. The highest BCUT2D eigenvalue weighted by Gasteiger charge is 2.36. The standard InChI is InChI=1S/C27H37F3N6O2S/c28-27(29,30)21-9-11-24(12-10-21)39(37,38)36-18-6-8-23(20-36)35-17-5-7-22(19-35)32-26-31-14-13-25(33-26)34-15-3-1-2-4-16-34/h9-14,22-23H,1-8,15-20H2,(H,31,32,33). The number of nitrogens with one attached hydrogen (secondary N) is 1. The molecule has 1 aromatic heterocycles. The minimum absolute atomic E-state index is 0.0527. The number of anilines is 2. The zero-order valence-corrected chi connectivity index (χ0v) is 22.9. The van der Waals surface area contributed by atoms with Crippen molar-refractivity contribution in [2.45, 2.75) is 74.5 Å². The van der Waals surface area contributed by atoms with Crippen LogP contribution in [0.5, 0.6) is 0 Å². The Hall–Kier alpha value is -2.44. The van der Waals surface area contributed by atoms with Gasteiger partial charge in [-0.15, -0.1) is 0 Å². The van der Waals surface area contributed by atoms with E-state index in [1.807, 2.05) is 6.07 Å². The predicted octanol–water partition coefficient (Wildman–Crippen LogP) is 4.61. The van der Waals surface area contributed by atoms with E-state index in [0.717, 1.165) is 75.5 Å². The maximum Gasteiger partial charge on any atom is 0.416 e. The van der Waals surface area contributed by atoms with Crippen LogP contribution in [-0.4, -0.2) is 78.9 Å². The number of benzene rings is 1. The van der Waals surface area contributed by atoms with E-state index in [1.165, 1.54) is 30.0 Å². The minimum atomic E-state index is -4.50. The second kappa shape index (κ2) is 12.0. The smallest absolute Gasteiger partial charge is 0.356 e. The van der Waals surface area contributed by atoms with Crippen molar-refractivity contribution in [1.29, 1.82) is 0 Å². The Labute approximate surface area is 228 Å². The van der Waals surface area contributed by atoms with Crippen LogP contribution in [0.25, 0.3) is 0 Å². The number of nitrogens with zero attached hydrogens (tertiary/aromatic N) is 5. The number of aromatic nitrogens is 2. The Morgan fingerprint density at radius 2 is 1.56 bits per heavy atom. The van der Waals surface area contributed by atoms with Crippen molar-refractivity contribution in [3.63, 3.8) is 0 Å². The maximum atomic E-state index is 13.3. The predicted molar refractivity (Wildman–Crippen MR) is 144 cm³/mol. The quantitative estimate of drug-likeness (QED) is 0.547. The molecule has 12 heteroatoms. The van der Waals surface area contributed by atoms with E-state index in [1.54, 1.807) is 6.20 Å².